The van der Waals surface area contributed by atoms with Crippen molar-refractivity contribution in [1.29, 1.82) is 0 Å². The lowest BCUT2D eigenvalue weighted by Gasteiger charge is -2.14. The summed E-state index contributed by atoms with van der Waals surface area (Å²) >= 11 is 0. The molecule has 0 unspecified atom stereocenters. The number of carbonyl (C=O) groups is 1. The molecule has 0 aliphatic heterocycles. The zero-order chi connectivity index (χ0) is 18.5. The van der Waals surface area contributed by atoms with E-state index in [9.17, 15) is 4.79 Å². The molecule has 0 radical (unpaired) electrons. The molecular formula is C19H20N4O3. The van der Waals surface area contributed by atoms with Crippen molar-refractivity contribution in [3.8, 4) is 17.1 Å². The molecule has 0 spiro atoms. The largest absolute Gasteiger partial charge is 0.497 e. The lowest BCUT2D eigenvalue weighted by molar-refractivity contribution is 0.0828. The summed E-state index contributed by atoms with van der Waals surface area (Å²) in [6, 6.07) is 14.7. The van der Waals surface area contributed by atoms with Gasteiger partial charge in [0, 0.05) is 25.3 Å². The fourth-order valence-corrected chi connectivity index (χ4v) is 2.42. The van der Waals surface area contributed by atoms with Gasteiger partial charge >= 0.3 is 0 Å². The minimum absolute atomic E-state index is 0.0717. The minimum atomic E-state index is -0.0717. The predicted molar refractivity (Wildman–Crippen MR) is 98.1 cm³/mol. The Morgan fingerprint density at radius 1 is 1.15 bits per heavy atom. The van der Waals surface area contributed by atoms with Gasteiger partial charge < -0.3 is 19.5 Å². The molecule has 3 aromatic rings. The van der Waals surface area contributed by atoms with Crippen LogP contribution in [0.4, 0.5) is 5.69 Å². The van der Waals surface area contributed by atoms with Crippen molar-refractivity contribution >= 4 is 11.6 Å². The van der Waals surface area contributed by atoms with Gasteiger partial charge in [-0.2, -0.15) is 4.98 Å². The van der Waals surface area contributed by atoms with Crippen LogP contribution in [0.25, 0.3) is 11.4 Å². The Hall–Kier alpha value is -3.35. The van der Waals surface area contributed by atoms with Crippen LogP contribution in [0.5, 0.6) is 5.75 Å². The maximum Gasteiger partial charge on any atom is 0.255 e. The number of methoxy groups -OCH3 is 1. The van der Waals surface area contributed by atoms with E-state index in [0.717, 1.165) is 17.0 Å². The van der Waals surface area contributed by atoms with Gasteiger partial charge in [0.05, 0.1) is 19.2 Å². The number of anilines is 1. The number of hydrogen-bond acceptors (Lipinski definition) is 6. The van der Waals surface area contributed by atoms with E-state index in [1.54, 1.807) is 27.3 Å². The molecule has 2 aromatic carbocycles. The van der Waals surface area contributed by atoms with E-state index in [1.807, 2.05) is 42.5 Å². The van der Waals surface area contributed by atoms with Gasteiger partial charge in [0.25, 0.3) is 5.91 Å². The third kappa shape index (κ3) is 3.83. The molecule has 1 amide bonds. The average Bonchev–Trinajstić information content (AvgIpc) is 3.15. The standard InChI is InChI=1S/C19H20N4O3/c1-23(2)19(24)15-6-4-5-7-16(15)20-12-17-21-18(22-26-17)13-8-10-14(25-3)11-9-13/h4-11,20H,12H2,1-3H3. The van der Waals surface area contributed by atoms with Gasteiger partial charge in [0.1, 0.15) is 5.75 Å². The van der Waals surface area contributed by atoms with Crippen LogP contribution in [-0.4, -0.2) is 42.2 Å². The van der Waals surface area contributed by atoms with Crippen LogP contribution in [-0.2, 0) is 6.54 Å². The summed E-state index contributed by atoms with van der Waals surface area (Å²) in [6.45, 7) is 0.320. The van der Waals surface area contributed by atoms with E-state index in [2.05, 4.69) is 15.5 Å². The van der Waals surface area contributed by atoms with Crippen molar-refractivity contribution in [3.05, 3.63) is 60.0 Å². The molecule has 1 N–H and O–H groups in total. The molecule has 134 valence electrons. The molecular weight excluding hydrogens is 332 g/mol. The number of nitrogens with zero attached hydrogens (tertiary/aromatic N) is 3. The van der Waals surface area contributed by atoms with Crippen molar-refractivity contribution in [2.75, 3.05) is 26.5 Å². The van der Waals surface area contributed by atoms with Crippen LogP contribution in [0, 0.1) is 0 Å². The average molecular weight is 352 g/mol. The van der Waals surface area contributed by atoms with Crippen LogP contribution >= 0.6 is 0 Å². The molecule has 3 rings (SSSR count). The number of benzene rings is 2. The Kier molecular flexibility index (Phi) is 5.17. The van der Waals surface area contributed by atoms with Crippen molar-refractivity contribution in [1.82, 2.24) is 15.0 Å². The van der Waals surface area contributed by atoms with Crippen molar-refractivity contribution in [2.24, 2.45) is 0 Å². The SMILES string of the molecule is COc1ccc(-c2noc(CNc3ccccc3C(=O)N(C)C)n2)cc1. The lowest BCUT2D eigenvalue weighted by Crippen LogP contribution is -2.22. The van der Waals surface area contributed by atoms with Crippen molar-refractivity contribution in [2.45, 2.75) is 6.54 Å². The first-order valence-corrected chi connectivity index (χ1v) is 8.10. The Morgan fingerprint density at radius 3 is 2.58 bits per heavy atom. The summed E-state index contributed by atoms with van der Waals surface area (Å²) in [4.78, 5) is 18.2. The van der Waals surface area contributed by atoms with E-state index in [4.69, 9.17) is 9.26 Å². The molecule has 0 aliphatic carbocycles. The summed E-state index contributed by atoms with van der Waals surface area (Å²) in [6.07, 6.45) is 0. The van der Waals surface area contributed by atoms with Crippen LogP contribution in [0.2, 0.25) is 0 Å². The molecule has 1 aromatic heterocycles. The zero-order valence-corrected chi connectivity index (χ0v) is 14.9. The molecule has 7 heteroatoms. The third-order valence-corrected chi connectivity index (χ3v) is 3.81. The summed E-state index contributed by atoms with van der Waals surface area (Å²) < 4.78 is 10.4. The molecule has 0 atom stereocenters. The second-order valence-electron chi connectivity index (χ2n) is 5.84. The van der Waals surface area contributed by atoms with E-state index in [1.165, 1.54) is 4.90 Å². The Balaban J connectivity index is 1.71. The second-order valence-corrected chi connectivity index (χ2v) is 5.84. The number of hydrogen-bond donors (Lipinski definition) is 1. The summed E-state index contributed by atoms with van der Waals surface area (Å²) in [5.41, 5.74) is 2.15. The monoisotopic (exact) mass is 352 g/mol. The van der Waals surface area contributed by atoms with Crippen LogP contribution in [0.3, 0.4) is 0 Å². The Bertz CT molecular complexity index is 888. The zero-order valence-electron chi connectivity index (χ0n) is 14.9. The van der Waals surface area contributed by atoms with Gasteiger partial charge in [-0.15, -0.1) is 0 Å². The highest BCUT2D eigenvalue weighted by Crippen LogP contribution is 2.21. The van der Waals surface area contributed by atoms with Crippen molar-refractivity contribution in [3.63, 3.8) is 0 Å². The van der Waals surface area contributed by atoms with Gasteiger partial charge in [-0.05, 0) is 36.4 Å². The smallest absolute Gasteiger partial charge is 0.255 e. The maximum atomic E-state index is 12.2. The first-order valence-electron chi connectivity index (χ1n) is 8.10. The van der Waals surface area contributed by atoms with Crippen LogP contribution in [0.15, 0.2) is 53.1 Å². The number of amides is 1. The lowest BCUT2D eigenvalue weighted by atomic mass is 10.1. The number of ether oxygens (including phenoxy) is 1. The minimum Gasteiger partial charge on any atom is -0.497 e. The Labute approximate surface area is 151 Å². The van der Waals surface area contributed by atoms with E-state index >= 15 is 0 Å². The Morgan fingerprint density at radius 2 is 1.88 bits per heavy atom. The van der Waals surface area contributed by atoms with Gasteiger partial charge in [0.15, 0.2) is 0 Å². The topological polar surface area (TPSA) is 80.5 Å². The van der Waals surface area contributed by atoms with Gasteiger partial charge in [-0.1, -0.05) is 17.3 Å². The first-order chi connectivity index (χ1) is 12.6. The van der Waals surface area contributed by atoms with Crippen molar-refractivity contribution < 1.29 is 14.1 Å². The van der Waals surface area contributed by atoms with Crippen LogP contribution < -0.4 is 10.1 Å². The quantitative estimate of drug-likeness (QED) is 0.734. The number of aromatic nitrogens is 2. The normalized spacial score (nSPS) is 10.4. The molecule has 0 saturated heterocycles. The summed E-state index contributed by atoms with van der Waals surface area (Å²) in [5.74, 6) is 1.63. The highest BCUT2D eigenvalue weighted by atomic mass is 16.5. The van der Waals surface area contributed by atoms with E-state index in [-0.39, 0.29) is 5.91 Å². The van der Waals surface area contributed by atoms with E-state index in [0.29, 0.717) is 23.8 Å². The summed E-state index contributed by atoms with van der Waals surface area (Å²) in [7, 11) is 5.06. The maximum absolute atomic E-state index is 12.2. The van der Waals surface area contributed by atoms with Gasteiger partial charge in [-0.3, -0.25) is 4.79 Å². The third-order valence-electron chi connectivity index (χ3n) is 3.81. The first kappa shape index (κ1) is 17.5. The number of rotatable bonds is 6. The molecule has 0 aliphatic rings. The number of nitrogens with one attached hydrogen (secondary N) is 1. The van der Waals surface area contributed by atoms with Gasteiger partial charge in [0.2, 0.25) is 11.7 Å². The summed E-state index contributed by atoms with van der Waals surface area (Å²) in [5, 5.41) is 7.18. The van der Waals surface area contributed by atoms with Gasteiger partial charge in [-0.25, -0.2) is 0 Å². The molecule has 7 nitrogen and oxygen atoms in total. The molecule has 1 heterocycles. The highest BCUT2D eigenvalue weighted by molar-refractivity contribution is 5.99. The second kappa shape index (κ2) is 7.69. The number of carbonyl (C=O) groups excluding carboxylic acids is 1. The molecule has 26 heavy (non-hydrogen) atoms. The van der Waals surface area contributed by atoms with Crippen LogP contribution in [0.1, 0.15) is 16.2 Å². The molecule has 0 saturated carbocycles. The van der Waals surface area contributed by atoms with E-state index < -0.39 is 0 Å². The molecule has 0 fully saturated rings. The molecule has 0 bridgehead atoms. The fourth-order valence-electron chi connectivity index (χ4n) is 2.42. The predicted octanol–water partition coefficient (Wildman–Crippen LogP) is 3.06. The highest BCUT2D eigenvalue weighted by Gasteiger charge is 2.14. The number of para-hydroxylation sites is 1. The fraction of sp³-hybridized carbons (Fsp3) is 0.211.